The van der Waals surface area contributed by atoms with E-state index in [0.29, 0.717) is 5.92 Å². The lowest BCUT2D eigenvalue weighted by Gasteiger charge is -2.22. The van der Waals surface area contributed by atoms with Gasteiger partial charge in [0.2, 0.25) is 5.78 Å². The van der Waals surface area contributed by atoms with Gasteiger partial charge >= 0.3 is 0 Å². The Bertz CT molecular complexity index is 216. The molecule has 2 nitrogen and oxygen atoms in total. The van der Waals surface area contributed by atoms with Crippen LogP contribution in [0.25, 0.3) is 0 Å². The molecule has 1 heterocycles. The van der Waals surface area contributed by atoms with Crippen molar-refractivity contribution in [1.29, 1.82) is 0 Å². The predicted molar refractivity (Wildman–Crippen MR) is 44.0 cm³/mol. The molecule has 0 aromatic rings. The summed E-state index contributed by atoms with van der Waals surface area (Å²) in [6.45, 7) is 5.59. The van der Waals surface area contributed by atoms with Gasteiger partial charge < -0.3 is 5.32 Å². The summed E-state index contributed by atoms with van der Waals surface area (Å²) < 4.78 is 0. The third kappa shape index (κ3) is 1.17. The van der Waals surface area contributed by atoms with E-state index < -0.39 is 0 Å². The molecule has 1 rings (SSSR count). The first-order valence-electron chi connectivity index (χ1n) is 3.83. The minimum absolute atomic E-state index is 0.0741. The van der Waals surface area contributed by atoms with Crippen molar-refractivity contribution in [1.82, 2.24) is 5.32 Å². The molecule has 0 unspecified atom stereocenters. The average Bonchev–Trinajstić information content (AvgIpc) is 2.32. The Morgan fingerprint density at radius 1 is 1.82 bits per heavy atom. The van der Waals surface area contributed by atoms with Crippen LogP contribution in [0.4, 0.5) is 0 Å². The number of nitrogens with one attached hydrogen (secondary N) is 1. The van der Waals surface area contributed by atoms with Crippen molar-refractivity contribution < 1.29 is 4.79 Å². The molecule has 1 saturated heterocycles. The molecule has 11 heavy (non-hydrogen) atoms. The van der Waals surface area contributed by atoms with Crippen molar-refractivity contribution in [2.24, 2.45) is 11.3 Å². The highest BCUT2D eigenvalue weighted by atomic mass is 16.1. The molecule has 60 valence electrons. The minimum atomic E-state index is -0.325. The zero-order valence-electron chi connectivity index (χ0n) is 6.98. The van der Waals surface area contributed by atoms with Gasteiger partial charge in [-0.1, -0.05) is 13.8 Å². The smallest absolute Gasteiger partial charge is 0.212 e. The van der Waals surface area contributed by atoms with E-state index >= 15 is 0 Å². The molecule has 1 N–H and O–H groups in total. The summed E-state index contributed by atoms with van der Waals surface area (Å²) in [7, 11) is 0. The molecule has 1 fully saturated rings. The summed E-state index contributed by atoms with van der Waals surface area (Å²) in [6, 6.07) is 0. The van der Waals surface area contributed by atoms with E-state index in [1.54, 1.807) is 0 Å². The molecule has 0 aromatic heterocycles. The van der Waals surface area contributed by atoms with E-state index in [4.69, 9.17) is 6.42 Å². The first-order chi connectivity index (χ1) is 5.11. The summed E-state index contributed by atoms with van der Waals surface area (Å²) in [6.07, 6.45) is 5.07. The minimum Gasteiger partial charge on any atom is -0.315 e. The number of Topliss-reactive ketones (excluding diaryl/α,β-unsaturated/α-hetero) is 1. The topological polar surface area (TPSA) is 29.1 Å². The first-order valence-corrected chi connectivity index (χ1v) is 3.83. The van der Waals surface area contributed by atoms with Crippen LogP contribution in [0.1, 0.15) is 13.8 Å². The summed E-state index contributed by atoms with van der Waals surface area (Å²) in [5.41, 5.74) is -0.325. The van der Waals surface area contributed by atoms with Crippen molar-refractivity contribution in [3.63, 3.8) is 0 Å². The highest BCUT2D eigenvalue weighted by molar-refractivity contribution is 5.99. The molecule has 1 aliphatic rings. The van der Waals surface area contributed by atoms with Crippen LogP contribution in [-0.4, -0.2) is 18.9 Å². The first kappa shape index (κ1) is 8.29. The number of ketones is 1. The van der Waals surface area contributed by atoms with Crippen molar-refractivity contribution in [3.8, 4) is 12.3 Å². The Hall–Kier alpha value is -0.810. The molecule has 0 aliphatic carbocycles. The molecule has 0 spiro atoms. The second-order valence-corrected chi connectivity index (χ2v) is 3.42. The summed E-state index contributed by atoms with van der Waals surface area (Å²) in [4.78, 5) is 11.3. The fourth-order valence-electron chi connectivity index (χ4n) is 1.42. The van der Waals surface area contributed by atoms with Gasteiger partial charge in [-0.3, -0.25) is 4.79 Å². The van der Waals surface area contributed by atoms with Crippen LogP contribution in [0, 0.1) is 23.7 Å². The Balaban J connectivity index is 2.82. The largest absolute Gasteiger partial charge is 0.315 e. The second kappa shape index (κ2) is 2.67. The zero-order chi connectivity index (χ0) is 8.48. The Morgan fingerprint density at radius 2 is 2.45 bits per heavy atom. The van der Waals surface area contributed by atoms with E-state index in [-0.39, 0.29) is 11.2 Å². The molecule has 2 atom stereocenters. The second-order valence-electron chi connectivity index (χ2n) is 3.42. The highest BCUT2D eigenvalue weighted by Gasteiger charge is 2.41. The van der Waals surface area contributed by atoms with Gasteiger partial charge in [-0.2, -0.15) is 0 Å². The molecule has 2 heteroatoms. The number of terminal acetylenes is 1. The van der Waals surface area contributed by atoms with Crippen molar-refractivity contribution >= 4 is 5.78 Å². The van der Waals surface area contributed by atoms with Crippen LogP contribution in [-0.2, 0) is 4.79 Å². The third-order valence-electron chi connectivity index (χ3n) is 2.68. The Morgan fingerprint density at radius 3 is 2.82 bits per heavy atom. The fraction of sp³-hybridized carbons (Fsp3) is 0.667. The number of hydrogen-bond acceptors (Lipinski definition) is 2. The van der Waals surface area contributed by atoms with E-state index in [9.17, 15) is 4.79 Å². The normalized spacial score (nSPS) is 36.6. The average molecular weight is 151 g/mol. The van der Waals surface area contributed by atoms with Gasteiger partial charge in [0, 0.05) is 6.54 Å². The van der Waals surface area contributed by atoms with Crippen molar-refractivity contribution in [3.05, 3.63) is 0 Å². The lowest BCUT2D eigenvalue weighted by molar-refractivity contribution is -0.122. The quantitative estimate of drug-likeness (QED) is 0.435. The zero-order valence-corrected chi connectivity index (χ0v) is 6.98. The maximum Gasteiger partial charge on any atom is 0.212 e. The van der Waals surface area contributed by atoms with Crippen LogP contribution in [0.5, 0.6) is 0 Å². The molecule has 0 amide bonds. The van der Waals surface area contributed by atoms with Gasteiger partial charge in [0.25, 0.3) is 0 Å². The van der Waals surface area contributed by atoms with Crippen molar-refractivity contribution in [2.45, 2.75) is 13.8 Å². The van der Waals surface area contributed by atoms with Crippen LogP contribution in [0.15, 0.2) is 0 Å². The molecule has 0 radical (unpaired) electrons. The maximum absolute atomic E-state index is 11.3. The maximum atomic E-state index is 11.3. The van der Waals surface area contributed by atoms with Gasteiger partial charge in [0.15, 0.2) is 0 Å². The van der Waals surface area contributed by atoms with Crippen LogP contribution in [0.2, 0.25) is 0 Å². The van der Waals surface area contributed by atoms with Gasteiger partial charge in [-0.05, 0) is 18.4 Å². The monoisotopic (exact) mass is 151 g/mol. The molecule has 0 bridgehead atoms. The van der Waals surface area contributed by atoms with Gasteiger partial charge in [-0.15, -0.1) is 6.42 Å². The number of carbonyl (C=O) groups excluding carboxylic acids is 1. The predicted octanol–water partition coefficient (Wildman–Crippen LogP) is 0.434. The van der Waals surface area contributed by atoms with E-state index in [0.717, 1.165) is 13.1 Å². The van der Waals surface area contributed by atoms with Gasteiger partial charge in [0.1, 0.15) is 0 Å². The van der Waals surface area contributed by atoms with Crippen LogP contribution in [0.3, 0.4) is 0 Å². The Kier molecular flexibility index (Phi) is 2.01. The highest BCUT2D eigenvalue weighted by Crippen LogP contribution is 2.31. The van der Waals surface area contributed by atoms with E-state index in [2.05, 4.69) is 18.2 Å². The van der Waals surface area contributed by atoms with E-state index in [1.807, 2.05) is 6.92 Å². The molecule has 0 aromatic carbocycles. The lowest BCUT2D eigenvalue weighted by Crippen LogP contribution is -2.33. The molecular formula is C9H13NO. The summed E-state index contributed by atoms with van der Waals surface area (Å²) in [5.74, 6) is 2.48. The summed E-state index contributed by atoms with van der Waals surface area (Å²) >= 11 is 0. The van der Waals surface area contributed by atoms with Crippen molar-refractivity contribution in [2.75, 3.05) is 13.1 Å². The number of hydrogen-bond donors (Lipinski definition) is 1. The Labute approximate surface area is 67.4 Å². The standard InChI is InChI=1S/C9H13NO/c1-4-8(11)9(3)6-10-5-7(9)2/h1,7,10H,5-6H2,2-3H3/t7-,9-/m1/s1. The summed E-state index contributed by atoms with van der Waals surface area (Å²) in [5, 5.41) is 3.16. The van der Waals surface area contributed by atoms with Gasteiger partial charge in [0.05, 0.1) is 5.41 Å². The number of carbonyl (C=O) groups is 1. The SMILES string of the molecule is C#CC(=O)[C@]1(C)CNC[C@H]1C. The van der Waals surface area contributed by atoms with Gasteiger partial charge in [-0.25, -0.2) is 0 Å². The van der Waals surface area contributed by atoms with Crippen LogP contribution >= 0.6 is 0 Å². The van der Waals surface area contributed by atoms with Crippen LogP contribution < -0.4 is 5.32 Å². The lowest BCUT2D eigenvalue weighted by atomic mass is 9.77. The molecule has 1 aliphatic heterocycles. The van der Waals surface area contributed by atoms with E-state index in [1.165, 1.54) is 0 Å². The number of rotatable bonds is 1. The third-order valence-corrected chi connectivity index (χ3v) is 2.68. The molecular weight excluding hydrogens is 138 g/mol. The fourth-order valence-corrected chi connectivity index (χ4v) is 1.42. The molecule has 0 saturated carbocycles.